The van der Waals surface area contributed by atoms with E-state index < -0.39 is 0 Å². The van der Waals surface area contributed by atoms with Gasteiger partial charge < -0.3 is 10.1 Å². The molecule has 0 radical (unpaired) electrons. The zero-order valence-electron chi connectivity index (χ0n) is 9.99. The van der Waals surface area contributed by atoms with Gasteiger partial charge in [0.25, 0.3) is 0 Å². The van der Waals surface area contributed by atoms with Gasteiger partial charge in [-0.1, -0.05) is 37.3 Å². The molecule has 1 aromatic carbocycles. The van der Waals surface area contributed by atoms with E-state index in [0.717, 1.165) is 18.9 Å². The molecule has 1 N–H and O–H groups in total. The van der Waals surface area contributed by atoms with Crippen LogP contribution in [0.2, 0.25) is 0 Å². The topological polar surface area (TPSA) is 21.3 Å². The van der Waals surface area contributed by atoms with Gasteiger partial charge in [0.05, 0.1) is 6.61 Å². The lowest BCUT2D eigenvalue weighted by Crippen LogP contribution is -2.36. The van der Waals surface area contributed by atoms with Crippen LogP contribution < -0.4 is 10.1 Å². The highest BCUT2D eigenvalue weighted by Crippen LogP contribution is 2.36. The summed E-state index contributed by atoms with van der Waals surface area (Å²) in [6, 6.07) is 8.59. The molecule has 1 heterocycles. The Morgan fingerprint density at radius 1 is 1.56 bits per heavy atom. The summed E-state index contributed by atoms with van der Waals surface area (Å²) in [5.74, 6) is 1.42. The zero-order valence-corrected chi connectivity index (χ0v) is 9.99. The molecular weight excluding hydrogens is 198 g/mol. The van der Waals surface area contributed by atoms with Gasteiger partial charge in [0.1, 0.15) is 5.75 Å². The fourth-order valence-electron chi connectivity index (χ4n) is 2.34. The first-order chi connectivity index (χ1) is 7.74. The molecule has 2 rings (SSSR count). The molecule has 16 heavy (non-hydrogen) atoms. The van der Waals surface area contributed by atoms with Crippen LogP contribution in [0.25, 0.3) is 0 Å². The molecule has 1 aliphatic rings. The molecule has 86 valence electrons. The van der Waals surface area contributed by atoms with Gasteiger partial charge in [0.2, 0.25) is 0 Å². The predicted molar refractivity (Wildman–Crippen MR) is 67.0 cm³/mol. The fraction of sp³-hybridized carbons (Fsp3) is 0.429. The van der Waals surface area contributed by atoms with Crippen LogP contribution in [0, 0.1) is 0 Å². The molecule has 0 saturated heterocycles. The van der Waals surface area contributed by atoms with E-state index in [0.29, 0.717) is 12.0 Å². The summed E-state index contributed by atoms with van der Waals surface area (Å²) in [7, 11) is 0. The van der Waals surface area contributed by atoms with Gasteiger partial charge in [-0.25, -0.2) is 0 Å². The Balaban J connectivity index is 2.25. The Hall–Kier alpha value is -1.28. The molecule has 0 spiro atoms. The van der Waals surface area contributed by atoms with E-state index in [2.05, 4.69) is 37.9 Å². The predicted octanol–water partition coefficient (Wildman–Crippen LogP) is 2.72. The smallest absolute Gasteiger partial charge is 0.122 e. The summed E-state index contributed by atoms with van der Waals surface area (Å²) in [5.41, 5.74) is 2.48. The Morgan fingerprint density at radius 3 is 3.00 bits per heavy atom. The number of hydrogen-bond acceptors (Lipinski definition) is 2. The van der Waals surface area contributed by atoms with Gasteiger partial charge in [0, 0.05) is 17.5 Å². The fourth-order valence-corrected chi connectivity index (χ4v) is 2.34. The largest absolute Gasteiger partial charge is 0.493 e. The first-order valence-corrected chi connectivity index (χ1v) is 5.84. The van der Waals surface area contributed by atoms with Crippen LogP contribution in [0.4, 0.5) is 0 Å². The molecule has 0 bridgehead atoms. The highest BCUT2D eigenvalue weighted by Gasteiger charge is 2.30. The Kier molecular flexibility index (Phi) is 3.30. The molecule has 2 atom stereocenters. The quantitative estimate of drug-likeness (QED) is 0.783. The SMILES string of the molecule is C=C(C)C(NCC)C1COc2ccccc21. The molecule has 0 aromatic heterocycles. The van der Waals surface area contributed by atoms with Crippen molar-refractivity contribution in [2.75, 3.05) is 13.2 Å². The monoisotopic (exact) mass is 217 g/mol. The lowest BCUT2D eigenvalue weighted by atomic mass is 9.89. The second-order valence-corrected chi connectivity index (χ2v) is 4.34. The van der Waals surface area contributed by atoms with E-state index in [1.165, 1.54) is 11.1 Å². The molecule has 1 aliphatic heterocycles. The van der Waals surface area contributed by atoms with E-state index in [9.17, 15) is 0 Å². The molecular formula is C14H19NO. The van der Waals surface area contributed by atoms with Crippen molar-refractivity contribution in [3.8, 4) is 5.75 Å². The van der Waals surface area contributed by atoms with E-state index in [1.807, 2.05) is 12.1 Å². The summed E-state index contributed by atoms with van der Waals surface area (Å²) in [5, 5.41) is 3.49. The minimum absolute atomic E-state index is 0.314. The van der Waals surface area contributed by atoms with Crippen molar-refractivity contribution >= 4 is 0 Å². The third-order valence-corrected chi connectivity index (χ3v) is 3.09. The van der Waals surface area contributed by atoms with Crippen molar-refractivity contribution < 1.29 is 4.74 Å². The summed E-state index contributed by atoms with van der Waals surface area (Å²) in [6.07, 6.45) is 0. The van der Waals surface area contributed by atoms with Crippen LogP contribution in [0.15, 0.2) is 36.4 Å². The van der Waals surface area contributed by atoms with Crippen molar-refractivity contribution in [2.45, 2.75) is 25.8 Å². The van der Waals surface area contributed by atoms with Crippen LogP contribution in [0.3, 0.4) is 0 Å². The van der Waals surface area contributed by atoms with E-state index in [1.54, 1.807) is 0 Å². The average molecular weight is 217 g/mol. The maximum atomic E-state index is 5.71. The zero-order chi connectivity index (χ0) is 11.5. The van der Waals surface area contributed by atoms with E-state index in [-0.39, 0.29) is 0 Å². The van der Waals surface area contributed by atoms with Gasteiger partial charge >= 0.3 is 0 Å². The third kappa shape index (κ3) is 1.98. The number of likely N-dealkylation sites (N-methyl/N-ethyl adjacent to an activating group) is 1. The van der Waals surface area contributed by atoms with Crippen molar-refractivity contribution in [2.24, 2.45) is 0 Å². The van der Waals surface area contributed by atoms with Crippen LogP contribution in [-0.4, -0.2) is 19.2 Å². The highest BCUT2D eigenvalue weighted by molar-refractivity contribution is 5.41. The molecule has 0 aliphatic carbocycles. The minimum atomic E-state index is 0.314. The number of fused-ring (bicyclic) bond motifs is 1. The lowest BCUT2D eigenvalue weighted by Gasteiger charge is -2.23. The van der Waals surface area contributed by atoms with Crippen molar-refractivity contribution in [3.05, 3.63) is 42.0 Å². The number of hydrogen-bond donors (Lipinski definition) is 1. The van der Waals surface area contributed by atoms with Crippen LogP contribution >= 0.6 is 0 Å². The molecule has 2 unspecified atom stereocenters. The van der Waals surface area contributed by atoms with Gasteiger partial charge in [0.15, 0.2) is 0 Å². The first kappa shape index (κ1) is 11.2. The number of rotatable bonds is 4. The Bertz CT molecular complexity index is 386. The Morgan fingerprint density at radius 2 is 2.31 bits per heavy atom. The van der Waals surface area contributed by atoms with E-state index in [4.69, 9.17) is 4.74 Å². The second-order valence-electron chi connectivity index (χ2n) is 4.34. The number of benzene rings is 1. The van der Waals surface area contributed by atoms with E-state index >= 15 is 0 Å². The van der Waals surface area contributed by atoms with Gasteiger partial charge in [-0.15, -0.1) is 0 Å². The van der Waals surface area contributed by atoms with Crippen LogP contribution in [0.1, 0.15) is 25.3 Å². The number of para-hydroxylation sites is 1. The lowest BCUT2D eigenvalue weighted by molar-refractivity contribution is 0.310. The summed E-state index contributed by atoms with van der Waals surface area (Å²) < 4.78 is 5.71. The van der Waals surface area contributed by atoms with Crippen LogP contribution in [0.5, 0.6) is 5.75 Å². The normalized spacial score (nSPS) is 20.0. The number of nitrogens with one attached hydrogen (secondary N) is 1. The van der Waals surface area contributed by atoms with Gasteiger partial charge in [-0.2, -0.15) is 0 Å². The summed E-state index contributed by atoms with van der Waals surface area (Å²) >= 11 is 0. The van der Waals surface area contributed by atoms with Gasteiger partial charge in [-0.05, 0) is 19.5 Å². The van der Waals surface area contributed by atoms with Gasteiger partial charge in [-0.3, -0.25) is 0 Å². The molecule has 0 saturated carbocycles. The number of ether oxygens (including phenoxy) is 1. The molecule has 2 heteroatoms. The molecule has 0 amide bonds. The van der Waals surface area contributed by atoms with Crippen LogP contribution in [-0.2, 0) is 0 Å². The highest BCUT2D eigenvalue weighted by atomic mass is 16.5. The Labute approximate surface area is 97.3 Å². The van der Waals surface area contributed by atoms with Crippen molar-refractivity contribution in [1.29, 1.82) is 0 Å². The standard InChI is InChI=1S/C14H19NO/c1-4-15-14(10(2)3)12-9-16-13-8-6-5-7-11(12)13/h5-8,12,14-15H,2,4,9H2,1,3H3. The second kappa shape index (κ2) is 4.71. The third-order valence-electron chi connectivity index (χ3n) is 3.09. The molecule has 2 nitrogen and oxygen atoms in total. The van der Waals surface area contributed by atoms with Crippen molar-refractivity contribution in [1.82, 2.24) is 5.32 Å². The summed E-state index contributed by atoms with van der Waals surface area (Å²) in [4.78, 5) is 0. The maximum absolute atomic E-state index is 5.71. The molecule has 0 fully saturated rings. The minimum Gasteiger partial charge on any atom is -0.493 e. The first-order valence-electron chi connectivity index (χ1n) is 5.84. The molecule has 1 aromatic rings. The average Bonchev–Trinajstić information content (AvgIpc) is 2.69. The van der Waals surface area contributed by atoms with Crippen molar-refractivity contribution in [3.63, 3.8) is 0 Å². The maximum Gasteiger partial charge on any atom is 0.122 e. The summed E-state index contributed by atoms with van der Waals surface area (Å²) in [6.45, 7) is 9.98.